The van der Waals surface area contributed by atoms with Crippen molar-refractivity contribution in [2.75, 3.05) is 0 Å². The Kier molecular flexibility index (Phi) is 4.95. The predicted molar refractivity (Wildman–Crippen MR) is 95.9 cm³/mol. The van der Waals surface area contributed by atoms with Crippen molar-refractivity contribution >= 4 is 30.1 Å². The minimum Gasteiger partial charge on any atom is -0.351 e. The average molecular weight is 347 g/mol. The summed E-state index contributed by atoms with van der Waals surface area (Å²) in [5.41, 5.74) is 5.19. The third kappa shape index (κ3) is 3.39. The van der Waals surface area contributed by atoms with Crippen LogP contribution in [0.4, 0.5) is 0 Å². The molecule has 1 amide bonds. The summed E-state index contributed by atoms with van der Waals surface area (Å²) in [5.74, 6) is 0.139. The molecular weight excluding hydrogens is 328 g/mol. The predicted octanol–water partition coefficient (Wildman–Crippen LogP) is 3.04. The summed E-state index contributed by atoms with van der Waals surface area (Å²) >= 11 is 1.68. The van der Waals surface area contributed by atoms with E-state index < -0.39 is 0 Å². The lowest BCUT2D eigenvalue weighted by atomic mass is 10.1. The SMILES string of the molecule is Cl.O=C(NCc1ccc2c(c1)CNC2)C1Cc2ccccc2S1. The van der Waals surface area contributed by atoms with Crippen molar-refractivity contribution in [2.45, 2.75) is 36.2 Å². The number of carbonyl (C=O) groups excluding carboxylic acids is 1. The summed E-state index contributed by atoms with van der Waals surface area (Å²) in [6.45, 7) is 2.50. The lowest BCUT2D eigenvalue weighted by Crippen LogP contribution is -2.32. The quantitative estimate of drug-likeness (QED) is 0.897. The highest BCUT2D eigenvalue weighted by atomic mass is 35.5. The van der Waals surface area contributed by atoms with Gasteiger partial charge >= 0.3 is 0 Å². The van der Waals surface area contributed by atoms with E-state index in [1.54, 1.807) is 11.8 Å². The highest BCUT2D eigenvalue weighted by Gasteiger charge is 2.27. The fourth-order valence-electron chi connectivity index (χ4n) is 3.09. The van der Waals surface area contributed by atoms with Gasteiger partial charge in [-0.1, -0.05) is 36.4 Å². The first kappa shape index (κ1) is 16.4. The molecule has 1 unspecified atom stereocenters. The molecule has 3 nitrogen and oxygen atoms in total. The van der Waals surface area contributed by atoms with Crippen molar-refractivity contribution in [3.8, 4) is 0 Å². The summed E-state index contributed by atoms with van der Waals surface area (Å²) < 4.78 is 0. The zero-order valence-electron chi connectivity index (χ0n) is 12.7. The molecule has 0 saturated carbocycles. The van der Waals surface area contributed by atoms with E-state index >= 15 is 0 Å². The first-order chi connectivity index (χ1) is 10.8. The van der Waals surface area contributed by atoms with E-state index in [-0.39, 0.29) is 23.6 Å². The van der Waals surface area contributed by atoms with E-state index in [0.717, 1.165) is 19.5 Å². The largest absolute Gasteiger partial charge is 0.351 e. The van der Waals surface area contributed by atoms with E-state index in [1.165, 1.54) is 27.1 Å². The number of halogens is 1. The molecule has 2 heterocycles. The zero-order valence-corrected chi connectivity index (χ0v) is 14.3. The van der Waals surface area contributed by atoms with E-state index in [0.29, 0.717) is 6.54 Å². The van der Waals surface area contributed by atoms with Gasteiger partial charge < -0.3 is 10.6 Å². The first-order valence-electron chi connectivity index (χ1n) is 7.63. The van der Waals surface area contributed by atoms with Crippen LogP contribution >= 0.6 is 24.2 Å². The fraction of sp³-hybridized carbons (Fsp3) is 0.278. The molecule has 2 N–H and O–H groups in total. The number of amides is 1. The van der Waals surface area contributed by atoms with Crippen LogP contribution in [0.1, 0.15) is 22.3 Å². The van der Waals surface area contributed by atoms with Crippen LogP contribution in [-0.2, 0) is 30.8 Å². The minimum atomic E-state index is 0. The molecule has 0 aliphatic carbocycles. The molecule has 0 saturated heterocycles. The van der Waals surface area contributed by atoms with Crippen molar-refractivity contribution < 1.29 is 4.79 Å². The van der Waals surface area contributed by atoms with E-state index in [1.807, 2.05) is 12.1 Å². The molecule has 5 heteroatoms. The molecule has 2 aliphatic heterocycles. The number of fused-ring (bicyclic) bond motifs is 2. The van der Waals surface area contributed by atoms with Gasteiger partial charge in [-0.2, -0.15) is 0 Å². The molecule has 1 atom stereocenters. The zero-order chi connectivity index (χ0) is 14.9. The number of hydrogen-bond acceptors (Lipinski definition) is 3. The lowest BCUT2D eigenvalue weighted by molar-refractivity contribution is -0.120. The normalized spacial score (nSPS) is 18.0. The summed E-state index contributed by atoms with van der Waals surface area (Å²) in [4.78, 5) is 13.6. The standard InChI is InChI=1S/C18H18N2OS.ClH/c21-18(17-8-13-3-1-2-4-16(13)22-17)20-9-12-5-6-14-10-19-11-15(14)7-12;/h1-7,17,19H,8-11H2,(H,20,21);1H. The molecule has 0 spiro atoms. The van der Waals surface area contributed by atoms with Crippen LogP contribution in [0.2, 0.25) is 0 Å². The topological polar surface area (TPSA) is 41.1 Å². The Balaban J connectivity index is 0.00000156. The molecule has 23 heavy (non-hydrogen) atoms. The molecule has 0 radical (unpaired) electrons. The summed E-state index contributed by atoms with van der Waals surface area (Å²) in [7, 11) is 0. The van der Waals surface area contributed by atoms with Gasteiger partial charge in [0.1, 0.15) is 0 Å². The van der Waals surface area contributed by atoms with Crippen molar-refractivity contribution in [3.63, 3.8) is 0 Å². The Bertz CT molecular complexity index is 710. The Morgan fingerprint density at radius 1 is 1.13 bits per heavy atom. The fourth-order valence-corrected chi connectivity index (χ4v) is 4.31. The van der Waals surface area contributed by atoms with Gasteiger partial charge in [-0.25, -0.2) is 0 Å². The van der Waals surface area contributed by atoms with Gasteiger partial charge in [0, 0.05) is 24.5 Å². The Morgan fingerprint density at radius 3 is 2.83 bits per heavy atom. The number of thioether (sulfide) groups is 1. The van der Waals surface area contributed by atoms with Crippen LogP contribution in [-0.4, -0.2) is 11.2 Å². The van der Waals surface area contributed by atoms with Crippen molar-refractivity contribution in [2.24, 2.45) is 0 Å². The smallest absolute Gasteiger partial charge is 0.234 e. The van der Waals surface area contributed by atoms with Crippen LogP contribution in [0.15, 0.2) is 47.4 Å². The molecule has 2 aliphatic rings. The molecule has 0 aromatic heterocycles. The van der Waals surface area contributed by atoms with Gasteiger partial charge in [0.25, 0.3) is 0 Å². The van der Waals surface area contributed by atoms with Crippen molar-refractivity contribution in [1.29, 1.82) is 0 Å². The van der Waals surface area contributed by atoms with Crippen molar-refractivity contribution in [1.82, 2.24) is 10.6 Å². The first-order valence-corrected chi connectivity index (χ1v) is 8.51. The highest BCUT2D eigenvalue weighted by molar-refractivity contribution is 8.01. The van der Waals surface area contributed by atoms with E-state index in [4.69, 9.17) is 0 Å². The second kappa shape index (κ2) is 6.95. The average Bonchev–Trinajstić information content (AvgIpc) is 3.18. The van der Waals surface area contributed by atoms with Gasteiger partial charge in [0.15, 0.2) is 0 Å². The van der Waals surface area contributed by atoms with Crippen LogP contribution in [0.3, 0.4) is 0 Å². The lowest BCUT2D eigenvalue weighted by Gasteiger charge is -2.11. The Hall–Kier alpha value is -1.49. The maximum absolute atomic E-state index is 12.4. The van der Waals surface area contributed by atoms with Crippen LogP contribution < -0.4 is 10.6 Å². The molecular formula is C18H19ClN2OS. The third-order valence-electron chi connectivity index (χ3n) is 4.31. The number of nitrogens with one attached hydrogen (secondary N) is 2. The number of rotatable bonds is 3. The van der Waals surface area contributed by atoms with Crippen LogP contribution in [0, 0.1) is 0 Å². The number of carbonyl (C=O) groups is 1. The maximum atomic E-state index is 12.4. The Labute approximate surface area is 146 Å². The Morgan fingerprint density at radius 2 is 1.96 bits per heavy atom. The monoisotopic (exact) mass is 346 g/mol. The van der Waals surface area contributed by atoms with Crippen molar-refractivity contribution in [3.05, 3.63) is 64.7 Å². The van der Waals surface area contributed by atoms with Gasteiger partial charge in [-0.15, -0.1) is 24.2 Å². The highest BCUT2D eigenvalue weighted by Crippen LogP contribution is 2.36. The van der Waals surface area contributed by atoms with E-state index in [2.05, 4.69) is 41.0 Å². The van der Waals surface area contributed by atoms with Gasteiger partial charge in [0.05, 0.1) is 5.25 Å². The van der Waals surface area contributed by atoms with Gasteiger partial charge in [-0.05, 0) is 34.7 Å². The molecule has 0 fully saturated rings. The molecule has 120 valence electrons. The second-order valence-electron chi connectivity index (χ2n) is 5.84. The second-order valence-corrected chi connectivity index (χ2v) is 7.09. The molecule has 0 bridgehead atoms. The number of hydrogen-bond donors (Lipinski definition) is 2. The summed E-state index contributed by atoms with van der Waals surface area (Å²) in [6, 6.07) is 14.8. The van der Waals surface area contributed by atoms with Crippen LogP contribution in [0.25, 0.3) is 0 Å². The van der Waals surface area contributed by atoms with Crippen LogP contribution in [0.5, 0.6) is 0 Å². The number of benzene rings is 2. The molecule has 2 aromatic rings. The molecule has 2 aromatic carbocycles. The molecule has 4 rings (SSSR count). The summed E-state index contributed by atoms with van der Waals surface area (Å²) in [5, 5.41) is 6.44. The summed E-state index contributed by atoms with van der Waals surface area (Å²) in [6.07, 6.45) is 0.834. The van der Waals surface area contributed by atoms with Gasteiger partial charge in [-0.3, -0.25) is 4.79 Å². The van der Waals surface area contributed by atoms with Gasteiger partial charge in [0.2, 0.25) is 5.91 Å². The third-order valence-corrected chi connectivity index (χ3v) is 5.63. The minimum absolute atomic E-state index is 0. The van der Waals surface area contributed by atoms with E-state index in [9.17, 15) is 4.79 Å². The maximum Gasteiger partial charge on any atom is 0.234 e.